The Hall–Kier alpha value is -1.56. The van der Waals surface area contributed by atoms with Crippen LogP contribution >= 0.6 is 11.6 Å². The first-order valence-electron chi connectivity index (χ1n) is 6.72. The highest BCUT2D eigenvalue weighted by molar-refractivity contribution is 6.33. The summed E-state index contributed by atoms with van der Waals surface area (Å²) in [4.78, 5) is 16.9. The van der Waals surface area contributed by atoms with E-state index in [1.54, 1.807) is 6.33 Å². The Bertz CT molecular complexity index is 433. The first-order valence-corrected chi connectivity index (χ1v) is 7.10. The monoisotopic (exact) mass is 301 g/mol. The van der Waals surface area contributed by atoms with Crippen molar-refractivity contribution < 1.29 is 15.0 Å². The van der Waals surface area contributed by atoms with Crippen LogP contribution in [0.1, 0.15) is 44.7 Å². The molecule has 0 unspecified atom stereocenters. The molecule has 0 atom stereocenters. The van der Waals surface area contributed by atoms with Gasteiger partial charge in [-0.05, 0) is 19.3 Å². The number of aryl methyl sites for hydroxylation is 1. The van der Waals surface area contributed by atoms with Crippen molar-refractivity contribution in [3.05, 3.63) is 17.0 Å². The van der Waals surface area contributed by atoms with E-state index in [2.05, 4.69) is 22.2 Å². The molecule has 1 heterocycles. The molecule has 0 radical (unpaired) electrons. The van der Waals surface area contributed by atoms with Gasteiger partial charge in [0.1, 0.15) is 17.2 Å². The molecular weight excluding hydrogens is 282 g/mol. The third-order valence-corrected chi connectivity index (χ3v) is 3.54. The van der Waals surface area contributed by atoms with Crippen LogP contribution < -0.4 is 5.32 Å². The summed E-state index contributed by atoms with van der Waals surface area (Å²) in [6, 6.07) is 0.533. The molecule has 0 aromatic carbocycles. The Morgan fingerprint density at radius 1 is 1.35 bits per heavy atom. The average molecular weight is 302 g/mol. The Balaban J connectivity index is 0.000000444. The summed E-state index contributed by atoms with van der Waals surface area (Å²) >= 11 is 6.24. The van der Waals surface area contributed by atoms with Crippen LogP contribution in [0.4, 0.5) is 10.6 Å². The molecule has 1 saturated carbocycles. The van der Waals surface area contributed by atoms with Gasteiger partial charge in [-0.25, -0.2) is 14.8 Å². The number of nitrogens with one attached hydrogen (secondary N) is 1. The standard InChI is InChI=1S/C12H18ClN3.CH2O3/c1-2-10-11(13)12(15-8-14-10)16-9-6-4-3-5-7-9;2-1(3)4/h8-9H,2-7H2,1H3,(H,14,15,16);(H2,2,3,4). The van der Waals surface area contributed by atoms with E-state index < -0.39 is 6.16 Å². The second-order valence-electron chi connectivity index (χ2n) is 4.60. The zero-order chi connectivity index (χ0) is 15.0. The van der Waals surface area contributed by atoms with Crippen LogP contribution in [0.25, 0.3) is 0 Å². The smallest absolute Gasteiger partial charge is 0.450 e. The van der Waals surface area contributed by atoms with Crippen LogP contribution in [-0.2, 0) is 6.42 Å². The van der Waals surface area contributed by atoms with E-state index in [9.17, 15) is 0 Å². The predicted octanol–water partition coefficient (Wildman–Crippen LogP) is 3.66. The highest BCUT2D eigenvalue weighted by Gasteiger charge is 2.16. The second kappa shape index (κ2) is 8.58. The van der Waals surface area contributed by atoms with Gasteiger partial charge in [-0.1, -0.05) is 37.8 Å². The minimum absolute atomic E-state index is 0.533. The fraction of sp³-hybridized carbons (Fsp3) is 0.615. The molecular formula is C13H20ClN3O3. The first kappa shape index (κ1) is 16.5. The van der Waals surface area contributed by atoms with Crippen LogP contribution in [0.15, 0.2) is 6.33 Å². The first-order chi connectivity index (χ1) is 9.54. The maximum Gasteiger partial charge on any atom is 0.503 e. The minimum atomic E-state index is -1.83. The number of rotatable bonds is 3. The van der Waals surface area contributed by atoms with Gasteiger partial charge in [0.15, 0.2) is 0 Å². The van der Waals surface area contributed by atoms with Crippen molar-refractivity contribution in [2.24, 2.45) is 0 Å². The summed E-state index contributed by atoms with van der Waals surface area (Å²) in [5.74, 6) is 0.806. The Morgan fingerprint density at radius 3 is 2.50 bits per heavy atom. The molecule has 6 nitrogen and oxygen atoms in total. The van der Waals surface area contributed by atoms with Gasteiger partial charge >= 0.3 is 6.16 Å². The van der Waals surface area contributed by atoms with E-state index in [0.29, 0.717) is 11.1 Å². The normalized spacial score (nSPS) is 15.1. The molecule has 20 heavy (non-hydrogen) atoms. The van der Waals surface area contributed by atoms with E-state index >= 15 is 0 Å². The van der Waals surface area contributed by atoms with Crippen molar-refractivity contribution in [1.29, 1.82) is 0 Å². The van der Waals surface area contributed by atoms with E-state index in [4.69, 9.17) is 26.6 Å². The van der Waals surface area contributed by atoms with Crippen molar-refractivity contribution in [3.63, 3.8) is 0 Å². The highest BCUT2D eigenvalue weighted by atomic mass is 35.5. The van der Waals surface area contributed by atoms with E-state index in [-0.39, 0.29) is 0 Å². The maximum atomic E-state index is 8.56. The molecule has 1 aliphatic carbocycles. The number of hydrogen-bond acceptors (Lipinski definition) is 4. The van der Waals surface area contributed by atoms with Gasteiger partial charge in [0.25, 0.3) is 0 Å². The number of anilines is 1. The Morgan fingerprint density at radius 2 is 1.95 bits per heavy atom. The number of nitrogens with zero attached hydrogens (tertiary/aromatic N) is 2. The quantitative estimate of drug-likeness (QED) is 0.788. The number of carbonyl (C=O) groups is 1. The van der Waals surface area contributed by atoms with Crippen molar-refractivity contribution in [1.82, 2.24) is 9.97 Å². The fourth-order valence-electron chi connectivity index (χ4n) is 2.19. The molecule has 2 rings (SSSR count). The molecule has 1 fully saturated rings. The fourth-order valence-corrected chi connectivity index (χ4v) is 2.48. The highest BCUT2D eigenvalue weighted by Crippen LogP contribution is 2.26. The molecule has 1 aliphatic rings. The minimum Gasteiger partial charge on any atom is -0.450 e. The Labute approximate surface area is 123 Å². The summed E-state index contributed by atoms with van der Waals surface area (Å²) in [5, 5.41) is 18.1. The topological polar surface area (TPSA) is 95.3 Å². The van der Waals surface area contributed by atoms with Crippen LogP contribution in [0.5, 0.6) is 0 Å². The molecule has 0 saturated heterocycles. The van der Waals surface area contributed by atoms with Crippen LogP contribution in [0, 0.1) is 0 Å². The molecule has 0 bridgehead atoms. The average Bonchev–Trinajstić information content (AvgIpc) is 2.42. The Kier molecular flexibility index (Phi) is 7.08. The van der Waals surface area contributed by atoms with E-state index in [1.165, 1.54) is 32.1 Å². The summed E-state index contributed by atoms with van der Waals surface area (Å²) in [6.45, 7) is 2.05. The number of carboxylic acid groups (broad SMARTS) is 2. The summed E-state index contributed by atoms with van der Waals surface area (Å²) in [6.07, 6.45) is 7.03. The van der Waals surface area contributed by atoms with Gasteiger partial charge < -0.3 is 15.5 Å². The number of halogens is 1. The lowest BCUT2D eigenvalue weighted by atomic mass is 9.95. The lowest BCUT2D eigenvalue weighted by Crippen LogP contribution is -2.23. The van der Waals surface area contributed by atoms with Gasteiger partial charge in [0.2, 0.25) is 0 Å². The third kappa shape index (κ3) is 5.61. The van der Waals surface area contributed by atoms with Crippen LogP contribution in [-0.4, -0.2) is 32.4 Å². The molecule has 7 heteroatoms. The summed E-state index contributed by atoms with van der Waals surface area (Å²) in [5.41, 5.74) is 0.926. The zero-order valence-electron chi connectivity index (χ0n) is 11.5. The van der Waals surface area contributed by atoms with Crippen molar-refractivity contribution >= 4 is 23.6 Å². The molecule has 1 aromatic rings. The van der Waals surface area contributed by atoms with Crippen LogP contribution in [0.2, 0.25) is 5.02 Å². The molecule has 112 valence electrons. The van der Waals surface area contributed by atoms with Crippen molar-refractivity contribution in [2.75, 3.05) is 5.32 Å². The van der Waals surface area contributed by atoms with Gasteiger partial charge in [0.05, 0.1) is 5.69 Å². The lowest BCUT2D eigenvalue weighted by Gasteiger charge is -2.23. The third-order valence-electron chi connectivity index (χ3n) is 3.14. The molecule has 3 N–H and O–H groups in total. The van der Waals surface area contributed by atoms with Crippen LogP contribution in [0.3, 0.4) is 0 Å². The molecule has 0 aliphatic heterocycles. The largest absolute Gasteiger partial charge is 0.503 e. The predicted molar refractivity (Wildman–Crippen MR) is 77.6 cm³/mol. The van der Waals surface area contributed by atoms with Gasteiger partial charge in [-0.3, -0.25) is 0 Å². The van der Waals surface area contributed by atoms with Crippen molar-refractivity contribution in [2.45, 2.75) is 51.5 Å². The van der Waals surface area contributed by atoms with E-state index in [0.717, 1.165) is 17.9 Å². The second-order valence-corrected chi connectivity index (χ2v) is 4.98. The zero-order valence-corrected chi connectivity index (χ0v) is 12.2. The van der Waals surface area contributed by atoms with Crippen molar-refractivity contribution in [3.8, 4) is 0 Å². The molecule has 0 amide bonds. The van der Waals surface area contributed by atoms with E-state index in [1.807, 2.05) is 0 Å². The SMILES string of the molecule is CCc1ncnc(NC2CCCCC2)c1Cl.O=C(O)O. The number of aromatic nitrogens is 2. The number of hydrogen-bond donors (Lipinski definition) is 3. The summed E-state index contributed by atoms with van der Waals surface area (Å²) in [7, 11) is 0. The van der Waals surface area contributed by atoms with Gasteiger partial charge in [-0.2, -0.15) is 0 Å². The molecule has 0 spiro atoms. The van der Waals surface area contributed by atoms with Gasteiger partial charge in [-0.15, -0.1) is 0 Å². The van der Waals surface area contributed by atoms with Gasteiger partial charge in [0, 0.05) is 6.04 Å². The lowest BCUT2D eigenvalue weighted by molar-refractivity contribution is 0.137. The molecule has 1 aromatic heterocycles. The maximum absolute atomic E-state index is 8.56. The summed E-state index contributed by atoms with van der Waals surface area (Å²) < 4.78 is 0.